The quantitative estimate of drug-likeness (QED) is 0.742. The molecule has 1 heterocycles. The molecule has 1 aromatic carbocycles. The minimum absolute atomic E-state index is 0.558. The molecule has 0 amide bonds. The third-order valence-electron chi connectivity index (χ3n) is 4.71. The summed E-state index contributed by atoms with van der Waals surface area (Å²) in [5, 5.41) is 0. The van der Waals surface area contributed by atoms with Crippen molar-refractivity contribution in [1.82, 2.24) is 9.55 Å². The van der Waals surface area contributed by atoms with E-state index in [-0.39, 0.29) is 0 Å². The van der Waals surface area contributed by atoms with Crippen LogP contribution in [0.2, 0.25) is 0 Å². The lowest BCUT2D eigenvalue weighted by atomic mass is 9.97. The molecule has 3 atom stereocenters. The van der Waals surface area contributed by atoms with Crippen LogP contribution in [0.1, 0.15) is 38.3 Å². The Morgan fingerprint density at radius 2 is 2.06 bits per heavy atom. The van der Waals surface area contributed by atoms with Gasteiger partial charge in [0.15, 0.2) is 4.77 Å². The van der Waals surface area contributed by atoms with E-state index in [1.54, 1.807) is 0 Å². The second kappa shape index (κ2) is 4.23. The molecule has 0 spiro atoms. The molecule has 1 N–H and O–H groups in total. The highest BCUT2D eigenvalue weighted by atomic mass is 32.1. The zero-order valence-electron chi connectivity index (χ0n) is 11.2. The molecule has 0 saturated heterocycles. The average Bonchev–Trinajstić information content (AvgIpc) is 2.83. The molecular weight excluding hydrogens is 240 g/mol. The Bertz CT molecular complexity index is 637. The summed E-state index contributed by atoms with van der Waals surface area (Å²) < 4.78 is 3.23. The molecule has 1 saturated carbocycles. The largest absolute Gasteiger partial charge is 0.330 e. The molecule has 0 radical (unpaired) electrons. The number of hydrogen-bond donors (Lipinski definition) is 1. The summed E-state index contributed by atoms with van der Waals surface area (Å²) in [7, 11) is 0. The van der Waals surface area contributed by atoms with E-state index < -0.39 is 0 Å². The van der Waals surface area contributed by atoms with Gasteiger partial charge in [0.1, 0.15) is 0 Å². The predicted octanol–water partition coefficient (Wildman–Crippen LogP) is 4.61. The van der Waals surface area contributed by atoms with Gasteiger partial charge in [0.2, 0.25) is 0 Å². The average molecular weight is 260 g/mol. The molecule has 2 aromatic rings. The minimum atomic E-state index is 0.558. The lowest BCUT2D eigenvalue weighted by Gasteiger charge is -2.20. The number of nitrogens with one attached hydrogen (secondary N) is 1. The van der Waals surface area contributed by atoms with Gasteiger partial charge in [0, 0.05) is 6.04 Å². The molecule has 1 aromatic heterocycles. The number of imidazole rings is 1. The highest BCUT2D eigenvalue weighted by Gasteiger charge is 2.32. The standard InChI is InChI=1S/C15H20N2S/c1-9-7-8-12(11(9)3)17-13-6-4-5-10(2)14(13)16-15(17)18/h4-6,9,11-12H,7-8H2,1-3H3,(H,16,18). The van der Waals surface area contributed by atoms with Crippen LogP contribution in [-0.4, -0.2) is 9.55 Å². The fraction of sp³-hybridized carbons (Fsp3) is 0.533. The number of fused-ring (bicyclic) bond motifs is 1. The lowest BCUT2D eigenvalue weighted by Crippen LogP contribution is -2.14. The molecule has 1 fully saturated rings. The molecular formula is C15H20N2S. The van der Waals surface area contributed by atoms with Gasteiger partial charge < -0.3 is 9.55 Å². The van der Waals surface area contributed by atoms with Crippen LogP contribution in [0.3, 0.4) is 0 Å². The maximum absolute atomic E-state index is 5.55. The number of aryl methyl sites for hydroxylation is 1. The number of hydrogen-bond acceptors (Lipinski definition) is 1. The number of para-hydroxylation sites is 1. The van der Waals surface area contributed by atoms with Gasteiger partial charge in [-0.2, -0.15) is 0 Å². The Balaban J connectivity index is 2.21. The summed E-state index contributed by atoms with van der Waals surface area (Å²) in [6, 6.07) is 7.01. The summed E-state index contributed by atoms with van der Waals surface area (Å²) in [5.41, 5.74) is 3.75. The van der Waals surface area contributed by atoms with Crippen molar-refractivity contribution < 1.29 is 0 Å². The smallest absolute Gasteiger partial charge is 0.178 e. The molecule has 2 nitrogen and oxygen atoms in total. The zero-order valence-corrected chi connectivity index (χ0v) is 12.1. The van der Waals surface area contributed by atoms with E-state index in [1.807, 2.05) is 0 Å². The van der Waals surface area contributed by atoms with Crippen molar-refractivity contribution in [3.63, 3.8) is 0 Å². The first-order valence-corrected chi connectivity index (χ1v) is 7.20. The molecule has 1 aliphatic carbocycles. The molecule has 3 unspecified atom stereocenters. The minimum Gasteiger partial charge on any atom is -0.330 e. The summed E-state index contributed by atoms with van der Waals surface area (Å²) in [6.45, 7) is 6.85. The third kappa shape index (κ3) is 1.64. The number of benzene rings is 1. The number of nitrogens with zero attached hydrogens (tertiary/aromatic N) is 1. The molecule has 3 heteroatoms. The Morgan fingerprint density at radius 3 is 2.72 bits per heavy atom. The molecule has 96 valence electrons. The Morgan fingerprint density at radius 1 is 1.28 bits per heavy atom. The fourth-order valence-electron chi connectivity index (χ4n) is 3.32. The van der Waals surface area contributed by atoms with Crippen LogP contribution in [0.4, 0.5) is 0 Å². The highest BCUT2D eigenvalue weighted by molar-refractivity contribution is 7.71. The van der Waals surface area contributed by atoms with Gasteiger partial charge in [-0.25, -0.2) is 0 Å². The predicted molar refractivity (Wildman–Crippen MR) is 78.5 cm³/mol. The third-order valence-corrected chi connectivity index (χ3v) is 5.01. The zero-order chi connectivity index (χ0) is 12.9. The molecule has 0 aliphatic heterocycles. The maximum Gasteiger partial charge on any atom is 0.178 e. The van der Waals surface area contributed by atoms with Gasteiger partial charge in [0.25, 0.3) is 0 Å². The van der Waals surface area contributed by atoms with Crippen molar-refractivity contribution in [1.29, 1.82) is 0 Å². The van der Waals surface area contributed by atoms with Crippen molar-refractivity contribution in [2.24, 2.45) is 11.8 Å². The van der Waals surface area contributed by atoms with Gasteiger partial charge in [-0.1, -0.05) is 26.0 Å². The number of aromatic nitrogens is 2. The van der Waals surface area contributed by atoms with Crippen molar-refractivity contribution in [2.75, 3.05) is 0 Å². The van der Waals surface area contributed by atoms with E-state index in [0.717, 1.165) is 10.7 Å². The van der Waals surface area contributed by atoms with Crippen LogP contribution in [0.15, 0.2) is 18.2 Å². The van der Waals surface area contributed by atoms with Crippen LogP contribution in [0.25, 0.3) is 11.0 Å². The molecule has 1 aliphatic rings. The number of aromatic amines is 1. The maximum atomic E-state index is 5.55. The SMILES string of the molecule is Cc1cccc2c1[nH]c(=S)n2C1CCC(C)C1C. The van der Waals surface area contributed by atoms with Gasteiger partial charge in [-0.15, -0.1) is 0 Å². The monoisotopic (exact) mass is 260 g/mol. The van der Waals surface area contributed by atoms with Gasteiger partial charge in [-0.3, -0.25) is 0 Å². The van der Waals surface area contributed by atoms with Crippen molar-refractivity contribution in [2.45, 2.75) is 39.7 Å². The second-order valence-corrected chi connectivity index (χ2v) is 6.14. The van der Waals surface area contributed by atoms with E-state index in [4.69, 9.17) is 12.2 Å². The lowest BCUT2D eigenvalue weighted by molar-refractivity contribution is 0.356. The second-order valence-electron chi connectivity index (χ2n) is 5.75. The molecule has 18 heavy (non-hydrogen) atoms. The Hall–Kier alpha value is -1.09. The first kappa shape index (κ1) is 12.0. The summed E-state index contributed by atoms with van der Waals surface area (Å²) >= 11 is 5.55. The van der Waals surface area contributed by atoms with Crippen molar-refractivity contribution in [3.8, 4) is 0 Å². The first-order chi connectivity index (χ1) is 8.59. The van der Waals surface area contributed by atoms with Gasteiger partial charge in [-0.05, 0) is 55.4 Å². The van der Waals surface area contributed by atoms with Crippen molar-refractivity contribution >= 4 is 23.3 Å². The topological polar surface area (TPSA) is 20.7 Å². The van der Waals surface area contributed by atoms with Gasteiger partial charge in [0.05, 0.1) is 11.0 Å². The summed E-state index contributed by atoms with van der Waals surface area (Å²) in [5.74, 6) is 1.50. The van der Waals surface area contributed by atoms with E-state index in [2.05, 4.69) is 48.5 Å². The van der Waals surface area contributed by atoms with E-state index in [0.29, 0.717) is 12.0 Å². The van der Waals surface area contributed by atoms with Crippen LogP contribution in [-0.2, 0) is 0 Å². The van der Waals surface area contributed by atoms with E-state index >= 15 is 0 Å². The number of rotatable bonds is 1. The van der Waals surface area contributed by atoms with Crippen LogP contribution >= 0.6 is 12.2 Å². The van der Waals surface area contributed by atoms with Gasteiger partial charge >= 0.3 is 0 Å². The fourth-order valence-corrected chi connectivity index (χ4v) is 3.66. The Labute approximate surface area is 113 Å². The summed E-state index contributed by atoms with van der Waals surface area (Å²) in [6.07, 6.45) is 2.56. The van der Waals surface area contributed by atoms with E-state index in [1.165, 1.54) is 29.4 Å². The number of H-pyrrole nitrogens is 1. The first-order valence-electron chi connectivity index (χ1n) is 6.79. The van der Waals surface area contributed by atoms with Crippen molar-refractivity contribution in [3.05, 3.63) is 28.5 Å². The van der Waals surface area contributed by atoms with E-state index in [9.17, 15) is 0 Å². The Kier molecular flexibility index (Phi) is 2.81. The summed E-state index contributed by atoms with van der Waals surface area (Å²) in [4.78, 5) is 3.39. The molecule has 3 rings (SSSR count). The highest BCUT2D eigenvalue weighted by Crippen LogP contribution is 2.41. The normalized spacial score (nSPS) is 28.1. The molecule has 0 bridgehead atoms. The van der Waals surface area contributed by atoms with Crippen LogP contribution in [0, 0.1) is 23.5 Å². The van der Waals surface area contributed by atoms with Crippen LogP contribution in [0.5, 0.6) is 0 Å². The van der Waals surface area contributed by atoms with Crippen LogP contribution < -0.4 is 0 Å².